The van der Waals surface area contributed by atoms with Crippen molar-refractivity contribution in [2.24, 2.45) is 0 Å². The zero-order valence-electron chi connectivity index (χ0n) is 12.8. The van der Waals surface area contributed by atoms with Crippen LogP contribution >= 0.6 is 0 Å². The van der Waals surface area contributed by atoms with Crippen molar-refractivity contribution in [1.82, 2.24) is 0 Å². The molecule has 0 amide bonds. The second-order valence-corrected chi connectivity index (χ2v) is 5.83. The van der Waals surface area contributed by atoms with Crippen LogP contribution in [0.15, 0.2) is 48.0 Å². The Balaban J connectivity index is 1.89. The lowest BCUT2D eigenvalue weighted by Crippen LogP contribution is -2.13. The third-order valence-electron chi connectivity index (χ3n) is 4.04. The van der Waals surface area contributed by atoms with E-state index in [2.05, 4.69) is 0 Å². The number of ketones is 1. The maximum atomic E-state index is 12.5. The number of benzene rings is 2. The Kier molecular flexibility index (Phi) is 3.72. The summed E-state index contributed by atoms with van der Waals surface area (Å²) in [4.78, 5) is 14.6. The van der Waals surface area contributed by atoms with Gasteiger partial charge in [0.25, 0.3) is 0 Å². The topological polar surface area (TPSA) is 40.5 Å². The van der Waals surface area contributed by atoms with E-state index >= 15 is 0 Å². The van der Waals surface area contributed by atoms with Crippen LogP contribution in [0.2, 0.25) is 0 Å². The number of carbonyl (C=O) groups excluding carboxylic acids is 1. The van der Waals surface area contributed by atoms with Gasteiger partial charge in [-0.05, 0) is 60.4 Å². The van der Waals surface area contributed by atoms with Crippen molar-refractivity contribution in [1.29, 1.82) is 0 Å². The summed E-state index contributed by atoms with van der Waals surface area (Å²) in [6, 6.07) is 13.1. The number of hydrogen-bond acceptors (Lipinski definition) is 3. The molecule has 2 aromatic rings. The molecule has 0 unspecified atom stereocenters. The second-order valence-electron chi connectivity index (χ2n) is 5.83. The summed E-state index contributed by atoms with van der Waals surface area (Å²) in [7, 11) is 4.01. The lowest BCUT2D eigenvalue weighted by Gasteiger charge is -2.18. The van der Waals surface area contributed by atoms with E-state index < -0.39 is 0 Å². The summed E-state index contributed by atoms with van der Waals surface area (Å²) >= 11 is 0. The number of allylic oxidation sites excluding steroid dienone is 1. The van der Waals surface area contributed by atoms with Crippen LogP contribution in [-0.2, 0) is 6.42 Å². The van der Waals surface area contributed by atoms with E-state index in [0.717, 1.165) is 28.8 Å². The van der Waals surface area contributed by atoms with Crippen molar-refractivity contribution in [3.63, 3.8) is 0 Å². The molecule has 1 N–H and O–H groups in total. The number of hydrogen-bond donors (Lipinski definition) is 1. The number of aryl methyl sites for hydroxylation is 1. The number of carbonyl (C=O) groups is 1. The number of anilines is 1. The van der Waals surface area contributed by atoms with Crippen molar-refractivity contribution in [3.05, 3.63) is 64.7 Å². The van der Waals surface area contributed by atoms with E-state index in [1.54, 1.807) is 18.2 Å². The maximum absolute atomic E-state index is 12.5. The SMILES string of the molecule is CN(C)c1ccc(/C=C2\CCc3cc(O)ccc3C2=O)cc1. The molecule has 0 bridgehead atoms. The fourth-order valence-electron chi connectivity index (χ4n) is 2.77. The number of rotatable bonds is 2. The molecule has 1 aliphatic rings. The predicted octanol–water partition coefficient (Wildman–Crippen LogP) is 3.67. The Morgan fingerprint density at radius 1 is 1.05 bits per heavy atom. The first kappa shape index (κ1) is 14.4. The molecule has 112 valence electrons. The van der Waals surface area contributed by atoms with Gasteiger partial charge in [-0.25, -0.2) is 0 Å². The third kappa shape index (κ3) is 2.75. The van der Waals surface area contributed by atoms with Crippen LogP contribution in [-0.4, -0.2) is 25.0 Å². The molecule has 0 aliphatic heterocycles. The van der Waals surface area contributed by atoms with Gasteiger partial charge in [-0.3, -0.25) is 4.79 Å². The van der Waals surface area contributed by atoms with Gasteiger partial charge in [0.1, 0.15) is 5.75 Å². The Hall–Kier alpha value is -2.55. The fraction of sp³-hybridized carbons (Fsp3) is 0.211. The third-order valence-corrected chi connectivity index (χ3v) is 4.04. The largest absolute Gasteiger partial charge is 0.508 e. The molecule has 1 aliphatic carbocycles. The average molecular weight is 293 g/mol. The van der Waals surface area contributed by atoms with Crippen molar-refractivity contribution in [3.8, 4) is 5.75 Å². The minimum absolute atomic E-state index is 0.0675. The molecule has 0 fully saturated rings. The van der Waals surface area contributed by atoms with E-state index in [0.29, 0.717) is 12.0 Å². The number of fused-ring (bicyclic) bond motifs is 1. The molecule has 0 spiro atoms. The van der Waals surface area contributed by atoms with E-state index in [1.807, 2.05) is 49.3 Å². The van der Waals surface area contributed by atoms with Crippen LogP contribution < -0.4 is 4.90 Å². The van der Waals surface area contributed by atoms with Crippen LogP contribution in [0, 0.1) is 0 Å². The monoisotopic (exact) mass is 293 g/mol. The number of phenols is 1. The Morgan fingerprint density at radius 2 is 1.77 bits per heavy atom. The van der Waals surface area contributed by atoms with Gasteiger partial charge in [0.15, 0.2) is 5.78 Å². The molecule has 0 saturated heterocycles. The Bertz CT molecular complexity index is 743. The minimum atomic E-state index is 0.0675. The molecule has 0 heterocycles. The van der Waals surface area contributed by atoms with Gasteiger partial charge in [0, 0.05) is 30.9 Å². The molecular weight excluding hydrogens is 274 g/mol. The van der Waals surface area contributed by atoms with Crippen LogP contribution in [0.1, 0.15) is 27.9 Å². The first-order valence-electron chi connectivity index (χ1n) is 7.39. The Labute approximate surface area is 130 Å². The first-order valence-corrected chi connectivity index (χ1v) is 7.39. The van der Waals surface area contributed by atoms with Gasteiger partial charge in [0.2, 0.25) is 0 Å². The summed E-state index contributed by atoms with van der Waals surface area (Å²) < 4.78 is 0. The normalized spacial score (nSPS) is 15.7. The van der Waals surface area contributed by atoms with Gasteiger partial charge in [0.05, 0.1) is 0 Å². The lowest BCUT2D eigenvalue weighted by molar-refractivity contribution is 0.102. The predicted molar refractivity (Wildman–Crippen MR) is 89.5 cm³/mol. The van der Waals surface area contributed by atoms with Gasteiger partial charge in [-0.1, -0.05) is 12.1 Å². The molecule has 0 aromatic heterocycles. The molecule has 0 atom stereocenters. The zero-order valence-corrected chi connectivity index (χ0v) is 12.8. The first-order chi connectivity index (χ1) is 10.5. The Morgan fingerprint density at radius 3 is 2.45 bits per heavy atom. The number of Topliss-reactive ketones (excluding diaryl/α,β-unsaturated/α-hetero) is 1. The van der Waals surface area contributed by atoms with E-state index in [1.165, 1.54) is 0 Å². The minimum Gasteiger partial charge on any atom is -0.508 e. The van der Waals surface area contributed by atoms with Crippen molar-refractivity contribution >= 4 is 17.5 Å². The summed E-state index contributed by atoms with van der Waals surface area (Å²) in [5.74, 6) is 0.288. The molecule has 22 heavy (non-hydrogen) atoms. The standard InChI is InChI=1S/C19H19NO2/c1-20(2)16-7-3-13(4-8-16)11-15-6-5-14-12-17(21)9-10-18(14)19(15)22/h3-4,7-12,21H,5-6H2,1-2H3/b15-11+. The smallest absolute Gasteiger partial charge is 0.189 e. The molecule has 3 rings (SSSR count). The van der Waals surface area contributed by atoms with Crippen LogP contribution in [0.5, 0.6) is 5.75 Å². The van der Waals surface area contributed by atoms with Crippen molar-refractivity contribution in [2.75, 3.05) is 19.0 Å². The summed E-state index contributed by atoms with van der Waals surface area (Å²) in [5.41, 5.74) is 4.65. The molecule has 0 radical (unpaired) electrons. The van der Waals surface area contributed by atoms with Crippen molar-refractivity contribution < 1.29 is 9.90 Å². The van der Waals surface area contributed by atoms with Gasteiger partial charge < -0.3 is 10.0 Å². The average Bonchev–Trinajstić information content (AvgIpc) is 2.50. The van der Waals surface area contributed by atoms with Gasteiger partial charge in [-0.15, -0.1) is 0 Å². The van der Waals surface area contributed by atoms with Gasteiger partial charge >= 0.3 is 0 Å². The molecule has 2 aromatic carbocycles. The fourth-order valence-corrected chi connectivity index (χ4v) is 2.77. The van der Waals surface area contributed by atoms with Crippen LogP contribution in [0.3, 0.4) is 0 Å². The highest BCUT2D eigenvalue weighted by molar-refractivity contribution is 6.13. The number of phenolic OH excluding ortho intramolecular Hbond substituents is 1. The highest BCUT2D eigenvalue weighted by Gasteiger charge is 2.21. The van der Waals surface area contributed by atoms with Crippen LogP contribution in [0.25, 0.3) is 6.08 Å². The zero-order chi connectivity index (χ0) is 15.7. The van der Waals surface area contributed by atoms with Crippen molar-refractivity contribution in [2.45, 2.75) is 12.8 Å². The highest BCUT2D eigenvalue weighted by atomic mass is 16.3. The van der Waals surface area contributed by atoms with E-state index in [4.69, 9.17) is 0 Å². The quantitative estimate of drug-likeness (QED) is 0.859. The molecule has 3 nitrogen and oxygen atoms in total. The number of aromatic hydroxyl groups is 1. The summed E-state index contributed by atoms with van der Waals surface area (Å²) in [5, 5.41) is 9.52. The lowest BCUT2D eigenvalue weighted by atomic mass is 9.86. The van der Waals surface area contributed by atoms with Gasteiger partial charge in [-0.2, -0.15) is 0 Å². The summed E-state index contributed by atoms with van der Waals surface area (Å²) in [6.07, 6.45) is 3.47. The highest BCUT2D eigenvalue weighted by Crippen LogP contribution is 2.29. The molecule has 3 heteroatoms. The van der Waals surface area contributed by atoms with E-state index in [-0.39, 0.29) is 11.5 Å². The van der Waals surface area contributed by atoms with E-state index in [9.17, 15) is 9.90 Å². The summed E-state index contributed by atoms with van der Waals surface area (Å²) in [6.45, 7) is 0. The molecule has 0 saturated carbocycles. The maximum Gasteiger partial charge on any atom is 0.189 e. The van der Waals surface area contributed by atoms with Crippen LogP contribution in [0.4, 0.5) is 5.69 Å². The number of nitrogens with zero attached hydrogens (tertiary/aromatic N) is 1. The second kappa shape index (κ2) is 5.68. The molecular formula is C19H19NO2.